The summed E-state index contributed by atoms with van der Waals surface area (Å²) in [6, 6.07) is 5.00. The number of rotatable bonds is 3. The molecule has 4 heterocycles. The first kappa shape index (κ1) is 27.9. The third-order valence-electron chi connectivity index (χ3n) is 7.66. The molecule has 0 saturated carbocycles. The highest BCUT2D eigenvalue weighted by atomic mass is 19.3. The number of alkyl halides is 2. The fourth-order valence-electron chi connectivity index (χ4n) is 5.68. The lowest BCUT2D eigenvalue weighted by atomic mass is 10.0. The molecule has 1 aromatic carbocycles. The number of benzene rings is 1. The Hall–Kier alpha value is -3.61. The highest BCUT2D eigenvalue weighted by molar-refractivity contribution is 6.02. The summed E-state index contributed by atoms with van der Waals surface area (Å²) in [6.07, 6.45) is 0.116. The third-order valence-corrected chi connectivity index (χ3v) is 7.66. The average Bonchev–Trinajstić information content (AvgIpc) is 3.12. The van der Waals surface area contributed by atoms with E-state index in [0.717, 1.165) is 16.3 Å². The van der Waals surface area contributed by atoms with Gasteiger partial charge in [-0.3, -0.25) is 19.8 Å². The van der Waals surface area contributed by atoms with Gasteiger partial charge in [0.1, 0.15) is 11.6 Å². The number of imide groups is 1. The number of carbonyl (C=O) groups excluding carboxylic acids is 3. The second-order valence-corrected chi connectivity index (χ2v) is 11.6. The standard InChI is InChI=1S/C27H36F2N6O5/c1-26(2,3)40-25(39)34-10-9-21(27(28,29)16-34)33-13-11-32(12-14-33)17-5-6-18-20(15-17)31(4)24(38)35(18)19-7-8-22(36)30-23(19)37/h5-6,9,15,19,24,38H,7-8,10-14,16H2,1-4H3,(H,30,36,37). The van der Waals surface area contributed by atoms with Crippen LogP contribution in [-0.2, 0) is 14.3 Å². The quantitative estimate of drug-likeness (QED) is 0.534. The van der Waals surface area contributed by atoms with E-state index in [2.05, 4.69) is 10.2 Å². The largest absolute Gasteiger partial charge is 0.444 e. The zero-order valence-corrected chi connectivity index (χ0v) is 23.2. The number of hydrogen-bond acceptors (Lipinski definition) is 9. The average molecular weight is 563 g/mol. The first-order valence-corrected chi connectivity index (χ1v) is 13.5. The van der Waals surface area contributed by atoms with Gasteiger partial charge in [-0.15, -0.1) is 0 Å². The molecule has 2 N–H and O–H groups in total. The van der Waals surface area contributed by atoms with Crippen molar-refractivity contribution >= 4 is 35.0 Å². The highest BCUT2D eigenvalue weighted by Gasteiger charge is 2.45. The SMILES string of the molecule is CN1c2cc(N3CCN(C4=CCN(C(=O)OC(C)(C)C)CC4(F)F)CC3)ccc2N(C2CCC(=O)NC2=O)C1O. The molecule has 2 unspecified atom stereocenters. The van der Waals surface area contributed by atoms with Crippen LogP contribution in [0.4, 0.5) is 30.6 Å². The zero-order valence-electron chi connectivity index (χ0n) is 23.2. The molecular weight excluding hydrogens is 526 g/mol. The van der Waals surface area contributed by atoms with Crippen LogP contribution in [0.3, 0.4) is 0 Å². The number of halogens is 2. The van der Waals surface area contributed by atoms with Gasteiger partial charge in [0.15, 0.2) is 0 Å². The maximum atomic E-state index is 15.1. The first-order chi connectivity index (χ1) is 18.7. The van der Waals surface area contributed by atoms with E-state index < -0.39 is 42.5 Å². The number of aliphatic hydroxyl groups excluding tert-OH is 1. The number of piperidine rings is 1. The summed E-state index contributed by atoms with van der Waals surface area (Å²) < 4.78 is 35.5. The van der Waals surface area contributed by atoms with E-state index in [1.165, 1.54) is 6.08 Å². The summed E-state index contributed by atoms with van der Waals surface area (Å²) in [5.41, 5.74) is 1.47. The first-order valence-electron chi connectivity index (χ1n) is 13.5. The van der Waals surface area contributed by atoms with Crippen molar-refractivity contribution in [3.8, 4) is 0 Å². The molecule has 13 heteroatoms. The molecule has 4 aliphatic heterocycles. The van der Waals surface area contributed by atoms with Crippen molar-refractivity contribution in [3.05, 3.63) is 30.0 Å². The second kappa shape index (κ2) is 10.1. The van der Waals surface area contributed by atoms with Gasteiger partial charge in [-0.05, 0) is 51.5 Å². The van der Waals surface area contributed by atoms with Gasteiger partial charge in [-0.25, -0.2) is 4.79 Å². The van der Waals surface area contributed by atoms with Crippen LogP contribution in [0.5, 0.6) is 0 Å². The lowest BCUT2D eigenvalue weighted by Gasteiger charge is -2.43. The molecule has 2 fully saturated rings. The molecule has 2 saturated heterocycles. The molecule has 40 heavy (non-hydrogen) atoms. The van der Waals surface area contributed by atoms with Crippen LogP contribution in [0.15, 0.2) is 30.0 Å². The zero-order chi connectivity index (χ0) is 29.0. The number of hydrogen-bond donors (Lipinski definition) is 2. The van der Waals surface area contributed by atoms with Crippen molar-refractivity contribution in [1.82, 2.24) is 15.1 Å². The number of amides is 3. The molecule has 0 radical (unpaired) electrons. The highest BCUT2D eigenvalue weighted by Crippen LogP contribution is 2.43. The fourth-order valence-corrected chi connectivity index (χ4v) is 5.68. The normalized spacial score (nSPS) is 25.1. The predicted molar refractivity (Wildman–Crippen MR) is 144 cm³/mol. The van der Waals surface area contributed by atoms with Gasteiger partial charge in [0.05, 0.1) is 23.6 Å². The molecule has 4 aliphatic rings. The van der Waals surface area contributed by atoms with Gasteiger partial charge in [0.2, 0.25) is 18.2 Å². The molecule has 1 aromatic rings. The van der Waals surface area contributed by atoms with Crippen LogP contribution >= 0.6 is 0 Å². The van der Waals surface area contributed by atoms with Gasteiger partial charge < -0.3 is 29.4 Å². The van der Waals surface area contributed by atoms with E-state index in [1.807, 2.05) is 18.2 Å². The van der Waals surface area contributed by atoms with Crippen LogP contribution in [0.1, 0.15) is 33.6 Å². The van der Waals surface area contributed by atoms with Gasteiger partial charge in [-0.2, -0.15) is 8.78 Å². The number of ether oxygens (including phenoxy) is 1. The summed E-state index contributed by atoms with van der Waals surface area (Å²) in [4.78, 5) is 44.5. The summed E-state index contributed by atoms with van der Waals surface area (Å²) in [5.74, 6) is -3.94. The molecule has 2 atom stereocenters. The van der Waals surface area contributed by atoms with Crippen molar-refractivity contribution in [1.29, 1.82) is 0 Å². The minimum Gasteiger partial charge on any atom is -0.444 e. The van der Waals surface area contributed by atoms with Crippen molar-refractivity contribution in [2.75, 3.05) is 61.0 Å². The molecule has 0 spiro atoms. The van der Waals surface area contributed by atoms with Crippen LogP contribution < -0.4 is 20.0 Å². The van der Waals surface area contributed by atoms with Gasteiger partial charge in [-0.1, -0.05) is 0 Å². The van der Waals surface area contributed by atoms with E-state index in [-0.39, 0.29) is 24.6 Å². The summed E-state index contributed by atoms with van der Waals surface area (Å²) in [7, 11) is 1.73. The number of carbonyl (C=O) groups is 3. The van der Waals surface area contributed by atoms with Crippen molar-refractivity contribution < 1.29 is 33.0 Å². The maximum Gasteiger partial charge on any atom is 0.410 e. The smallest absolute Gasteiger partial charge is 0.410 e. The summed E-state index contributed by atoms with van der Waals surface area (Å²) >= 11 is 0. The second-order valence-electron chi connectivity index (χ2n) is 11.6. The fraction of sp³-hybridized carbons (Fsp3) is 0.593. The van der Waals surface area contributed by atoms with E-state index >= 15 is 8.78 Å². The number of anilines is 3. The Bertz CT molecular complexity index is 1230. The number of fused-ring (bicyclic) bond motifs is 1. The lowest BCUT2D eigenvalue weighted by Crippen LogP contribution is -2.56. The Balaban J connectivity index is 1.25. The van der Waals surface area contributed by atoms with Crippen LogP contribution in [0.25, 0.3) is 0 Å². The Morgan fingerprint density at radius 1 is 1.10 bits per heavy atom. The van der Waals surface area contributed by atoms with E-state index in [1.54, 1.807) is 42.5 Å². The summed E-state index contributed by atoms with van der Waals surface area (Å²) in [5, 5.41) is 13.3. The van der Waals surface area contributed by atoms with E-state index in [9.17, 15) is 19.5 Å². The monoisotopic (exact) mass is 562 g/mol. The minimum absolute atomic E-state index is 0.0587. The molecule has 0 aliphatic carbocycles. The lowest BCUT2D eigenvalue weighted by molar-refractivity contribution is -0.134. The van der Waals surface area contributed by atoms with Gasteiger partial charge >= 0.3 is 12.0 Å². The topological polar surface area (TPSA) is 109 Å². The number of piperazine rings is 1. The minimum atomic E-state index is -3.19. The number of nitrogens with one attached hydrogen (secondary N) is 1. The molecule has 218 valence electrons. The molecule has 5 rings (SSSR count). The van der Waals surface area contributed by atoms with E-state index in [0.29, 0.717) is 38.3 Å². The van der Waals surface area contributed by atoms with E-state index in [4.69, 9.17) is 4.74 Å². The molecule has 3 amide bonds. The number of nitrogens with zero attached hydrogens (tertiary/aromatic N) is 5. The molecule has 0 aromatic heterocycles. The van der Waals surface area contributed by atoms with Gasteiger partial charge in [0, 0.05) is 51.9 Å². The Kier molecular flexibility index (Phi) is 7.05. The van der Waals surface area contributed by atoms with Gasteiger partial charge in [0.25, 0.3) is 0 Å². The summed E-state index contributed by atoms with van der Waals surface area (Å²) in [6.45, 7) is 6.20. The van der Waals surface area contributed by atoms with Crippen LogP contribution in [-0.4, -0.2) is 103 Å². The van der Waals surface area contributed by atoms with Crippen molar-refractivity contribution in [2.24, 2.45) is 0 Å². The molecular formula is C27H36F2N6O5. The van der Waals surface area contributed by atoms with Crippen molar-refractivity contribution in [2.45, 2.75) is 57.5 Å². The number of aliphatic hydroxyl groups is 1. The molecule has 0 bridgehead atoms. The maximum absolute atomic E-state index is 15.1. The Labute approximate surface area is 231 Å². The third kappa shape index (κ3) is 5.26. The molecule has 11 nitrogen and oxygen atoms in total. The van der Waals surface area contributed by atoms with Crippen LogP contribution in [0.2, 0.25) is 0 Å². The Morgan fingerprint density at radius 2 is 1.77 bits per heavy atom. The Morgan fingerprint density at radius 3 is 2.40 bits per heavy atom. The van der Waals surface area contributed by atoms with Crippen molar-refractivity contribution in [3.63, 3.8) is 0 Å². The van der Waals surface area contributed by atoms with Crippen LogP contribution in [0, 0.1) is 0 Å². The predicted octanol–water partition coefficient (Wildman–Crippen LogP) is 1.92.